The van der Waals surface area contributed by atoms with Gasteiger partial charge in [0.1, 0.15) is 12.4 Å². The Morgan fingerprint density at radius 3 is 2.42 bits per heavy atom. The number of carbonyl (C=O) groups is 1. The number of pyridine rings is 2. The quantitative estimate of drug-likeness (QED) is 0.533. The van der Waals surface area contributed by atoms with Crippen LogP contribution in [-0.4, -0.2) is 34.1 Å². The van der Waals surface area contributed by atoms with Crippen molar-refractivity contribution in [2.24, 2.45) is 5.41 Å². The number of ether oxygens (including phenoxy) is 1. The third-order valence-corrected chi connectivity index (χ3v) is 6.38. The Morgan fingerprint density at radius 2 is 1.79 bits per heavy atom. The molecular weight excluding hydrogens is 414 g/mol. The lowest BCUT2D eigenvalue weighted by Crippen LogP contribution is -2.38. The molecule has 3 aromatic rings. The Morgan fingerprint density at radius 1 is 1.06 bits per heavy atom. The zero-order chi connectivity index (χ0) is 23.4. The molecule has 6 nitrogen and oxygen atoms in total. The highest BCUT2D eigenvalue weighted by molar-refractivity contribution is 5.83. The number of hydrogen-bond acceptors (Lipinski definition) is 5. The highest BCUT2D eigenvalue weighted by Gasteiger charge is 2.29. The maximum Gasteiger partial charge on any atom is 0.307 e. The van der Waals surface area contributed by atoms with Gasteiger partial charge in [0.05, 0.1) is 17.8 Å². The van der Waals surface area contributed by atoms with Gasteiger partial charge in [0.15, 0.2) is 0 Å². The van der Waals surface area contributed by atoms with Gasteiger partial charge in [-0.2, -0.15) is 0 Å². The number of aromatic nitrogens is 2. The average Bonchev–Trinajstić information content (AvgIpc) is 2.80. The first-order valence-corrected chi connectivity index (χ1v) is 11.4. The third kappa shape index (κ3) is 5.51. The van der Waals surface area contributed by atoms with E-state index in [1.54, 1.807) is 0 Å². The van der Waals surface area contributed by atoms with Crippen molar-refractivity contribution in [2.75, 3.05) is 18.0 Å². The van der Waals surface area contributed by atoms with Crippen LogP contribution in [0.4, 0.5) is 5.69 Å². The van der Waals surface area contributed by atoms with Gasteiger partial charge in [-0.05, 0) is 43.4 Å². The number of aliphatic carboxylic acids is 1. The summed E-state index contributed by atoms with van der Waals surface area (Å²) in [7, 11) is 0. The van der Waals surface area contributed by atoms with E-state index >= 15 is 0 Å². The molecule has 4 rings (SSSR count). The van der Waals surface area contributed by atoms with Crippen molar-refractivity contribution in [3.63, 3.8) is 0 Å². The lowest BCUT2D eigenvalue weighted by Gasteiger charge is -2.40. The van der Waals surface area contributed by atoms with E-state index < -0.39 is 5.97 Å². The van der Waals surface area contributed by atoms with Gasteiger partial charge in [0.25, 0.3) is 0 Å². The third-order valence-electron chi connectivity index (χ3n) is 6.38. The van der Waals surface area contributed by atoms with Gasteiger partial charge in [-0.3, -0.25) is 14.8 Å². The molecule has 1 saturated heterocycles. The van der Waals surface area contributed by atoms with Crippen LogP contribution in [0.1, 0.15) is 43.5 Å². The van der Waals surface area contributed by atoms with Crippen LogP contribution in [0.15, 0.2) is 54.9 Å². The molecule has 2 aromatic heterocycles. The average molecular weight is 446 g/mol. The molecular formula is C27H31N3O3. The molecule has 6 heteroatoms. The van der Waals surface area contributed by atoms with Crippen LogP contribution in [0.2, 0.25) is 0 Å². The minimum absolute atomic E-state index is 0.0507. The fraction of sp³-hybridized carbons (Fsp3) is 0.370. The van der Waals surface area contributed by atoms with Gasteiger partial charge in [-0.1, -0.05) is 38.1 Å². The fourth-order valence-corrected chi connectivity index (χ4v) is 4.23. The van der Waals surface area contributed by atoms with Gasteiger partial charge in [0.2, 0.25) is 0 Å². The molecule has 1 fully saturated rings. The molecule has 0 saturated carbocycles. The molecule has 0 radical (unpaired) electrons. The number of rotatable bonds is 7. The van der Waals surface area contributed by atoms with Gasteiger partial charge in [-0.25, -0.2) is 0 Å². The Hall–Kier alpha value is -3.41. The van der Waals surface area contributed by atoms with E-state index in [1.165, 1.54) is 0 Å². The summed E-state index contributed by atoms with van der Waals surface area (Å²) in [5, 5.41) is 9.57. The summed E-state index contributed by atoms with van der Waals surface area (Å²) in [6.07, 6.45) is 5.72. The van der Waals surface area contributed by atoms with Gasteiger partial charge in [0, 0.05) is 47.9 Å². The van der Waals surface area contributed by atoms with Crippen LogP contribution in [0.5, 0.6) is 5.75 Å². The van der Waals surface area contributed by atoms with Crippen LogP contribution in [0, 0.1) is 12.3 Å². The van der Waals surface area contributed by atoms with Crippen LogP contribution in [0.3, 0.4) is 0 Å². The second kappa shape index (κ2) is 9.61. The second-order valence-electron chi connectivity index (χ2n) is 9.46. The van der Waals surface area contributed by atoms with Crippen LogP contribution in [-0.2, 0) is 17.8 Å². The lowest BCUT2D eigenvalue weighted by molar-refractivity contribution is -0.136. The first kappa shape index (κ1) is 22.8. The molecule has 172 valence electrons. The lowest BCUT2D eigenvalue weighted by atomic mass is 9.82. The zero-order valence-corrected chi connectivity index (χ0v) is 19.5. The maximum atomic E-state index is 11.7. The Balaban J connectivity index is 1.64. The van der Waals surface area contributed by atoms with Gasteiger partial charge < -0.3 is 14.7 Å². The number of aryl methyl sites for hydroxylation is 1. The first-order chi connectivity index (χ1) is 15.8. The number of hydrogen-bond donors (Lipinski definition) is 1. The molecule has 1 aromatic carbocycles. The Bertz CT molecular complexity index is 1100. The molecule has 0 amide bonds. The summed E-state index contributed by atoms with van der Waals surface area (Å²) < 4.78 is 5.83. The van der Waals surface area contributed by atoms with Crippen molar-refractivity contribution in [1.82, 2.24) is 9.97 Å². The number of para-hydroxylation sites is 1. The Kier molecular flexibility index (Phi) is 6.63. The SMILES string of the molecule is Cc1ncc(-c2ccc(COc3ccccc3)cn2)c(N2CCC(C)(C)CC2)c1CC(=O)O. The van der Waals surface area contributed by atoms with E-state index in [1.807, 2.05) is 61.8 Å². The largest absolute Gasteiger partial charge is 0.489 e. The smallest absolute Gasteiger partial charge is 0.307 e. The summed E-state index contributed by atoms with van der Waals surface area (Å²) >= 11 is 0. The summed E-state index contributed by atoms with van der Waals surface area (Å²) in [5.41, 5.74) is 5.43. The van der Waals surface area contributed by atoms with E-state index in [0.29, 0.717) is 12.0 Å². The van der Waals surface area contributed by atoms with E-state index in [9.17, 15) is 9.90 Å². The van der Waals surface area contributed by atoms with Crippen molar-refractivity contribution < 1.29 is 14.6 Å². The zero-order valence-electron chi connectivity index (χ0n) is 19.5. The van der Waals surface area contributed by atoms with Crippen LogP contribution < -0.4 is 9.64 Å². The Labute approximate surface area is 195 Å². The summed E-state index contributed by atoms with van der Waals surface area (Å²) in [4.78, 5) is 23.2. The fourth-order valence-electron chi connectivity index (χ4n) is 4.23. The predicted octanol–water partition coefficient (Wildman–Crippen LogP) is 5.28. The van der Waals surface area contributed by atoms with Gasteiger partial charge >= 0.3 is 5.97 Å². The minimum atomic E-state index is -0.850. The van der Waals surface area contributed by atoms with Crippen molar-refractivity contribution in [2.45, 2.75) is 46.6 Å². The summed E-state index contributed by atoms with van der Waals surface area (Å²) in [5.74, 6) is -0.0325. The number of carboxylic acid groups (broad SMARTS) is 1. The molecule has 1 N–H and O–H groups in total. The molecule has 1 aliphatic heterocycles. The molecule has 3 heterocycles. The normalized spacial score (nSPS) is 15.3. The van der Waals surface area contributed by atoms with Crippen molar-refractivity contribution in [3.8, 4) is 17.0 Å². The molecule has 33 heavy (non-hydrogen) atoms. The molecule has 0 bridgehead atoms. The highest BCUT2D eigenvalue weighted by Crippen LogP contribution is 2.39. The molecule has 1 aliphatic rings. The van der Waals surface area contributed by atoms with Crippen molar-refractivity contribution in [1.29, 1.82) is 0 Å². The topological polar surface area (TPSA) is 75.6 Å². The molecule has 0 unspecified atom stereocenters. The molecule has 0 aliphatic carbocycles. The van der Waals surface area contributed by atoms with E-state index in [-0.39, 0.29) is 6.42 Å². The van der Waals surface area contributed by atoms with Crippen LogP contribution >= 0.6 is 0 Å². The van der Waals surface area contributed by atoms with E-state index in [4.69, 9.17) is 9.72 Å². The van der Waals surface area contributed by atoms with Gasteiger partial charge in [-0.15, -0.1) is 0 Å². The van der Waals surface area contributed by atoms with Crippen molar-refractivity contribution >= 4 is 11.7 Å². The summed E-state index contributed by atoms with van der Waals surface area (Å²) in [6.45, 7) is 8.68. The number of anilines is 1. The standard InChI is InChI=1S/C27H31N3O3/c1-19-22(15-25(31)32)26(30-13-11-27(2,3)12-14-30)23(17-28-19)24-10-9-20(16-29-24)18-33-21-7-5-4-6-8-21/h4-10,16-17H,11-15,18H2,1-3H3,(H,31,32). The van der Waals surface area contributed by atoms with E-state index in [0.717, 1.165) is 65.4 Å². The number of carboxylic acids is 1. The molecule has 0 atom stereocenters. The van der Waals surface area contributed by atoms with Crippen molar-refractivity contribution in [3.05, 3.63) is 71.7 Å². The van der Waals surface area contributed by atoms with Crippen LogP contribution in [0.25, 0.3) is 11.3 Å². The number of nitrogens with zero attached hydrogens (tertiary/aromatic N) is 3. The first-order valence-electron chi connectivity index (χ1n) is 11.4. The van der Waals surface area contributed by atoms with E-state index in [2.05, 4.69) is 23.7 Å². The summed E-state index contributed by atoms with van der Waals surface area (Å²) in [6, 6.07) is 13.7. The predicted molar refractivity (Wildman–Crippen MR) is 130 cm³/mol. The highest BCUT2D eigenvalue weighted by atomic mass is 16.5. The number of benzene rings is 1. The second-order valence-corrected chi connectivity index (χ2v) is 9.46. The minimum Gasteiger partial charge on any atom is -0.489 e. The number of piperidine rings is 1. The molecule has 0 spiro atoms. The maximum absolute atomic E-state index is 11.7. The monoisotopic (exact) mass is 445 g/mol.